The Morgan fingerprint density at radius 1 is 1.22 bits per heavy atom. The van der Waals surface area contributed by atoms with Crippen LogP contribution >= 0.6 is 0 Å². The highest BCUT2D eigenvalue weighted by Crippen LogP contribution is 2.24. The number of aliphatic hydroxyl groups excluding tert-OH is 1. The van der Waals surface area contributed by atoms with E-state index in [1.165, 1.54) is 6.42 Å². The maximum atomic E-state index is 11.8. The molecule has 1 aliphatic carbocycles. The van der Waals surface area contributed by atoms with Crippen LogP contribution in [-0.4, -0.2) is 45.0 Å². The smallest absolute Gasteiger partial charge is 0.211 e. The Kier molecular flexibility index (Phi) is 7.14. The van der Waals surface area contributed by atoms with Crippen molar-refractivity contribution in [1.29, 1.82) is 0 Å². The monoisotopic (exact) mass is 278 g/mol. The number of rotatable bonds is 8. The molecule has 0 heterocycles. The molecule has 1 atom stereocenters. The normalized spacial score (nSPS) is 19.9. The number of hydrogen-bond donors (Lipinski definition) is 3. The number of aliphatic hydroxyl groups is 1. The Labute approximate surface area is 110 Å². The zero-order valence-electron chi connectivity index (χ0n) is 11.2. The van der Waals surface area contributed by atoms with Gasteiger partial charge in [0.05, 0.1) is 11.9 Å². The molecule has 0 saturated heterocycles. The van der Waals surface area contributed by atoms with E-state index in [0.29, 0.717) is 25.6 Å². The van der Waals surface area contributed by atoms with Gasteiger partial charge in [0.1, 0.15) is 0 Å². The minimum atomic E-state index is -3.13. The van der Waals surface area contributed by atoms with Crippen molar-refractivity contribution in [2.24, 2.45) is 5.92 Å². The van der Waals surface area contributed by atoms with Gasteiger partial charge in [0.2, 0.25) is 10.0 Å². The van der Waals surface area contributed by atoms with Crippen molar-refractivity contribution in [1.82, 2.24) is 10.0 Å². The molecule has 0 bridgehead atoms. The Morgan fingerprint density at radius 3 is 2.50 bits per heavy atom. The predicted molar refractivity (Wildman–Crippen MR) is 72.9 cm³/mol. The average Bonchev–Trinajstić information content (AvgIpc) is 2.28. The molecular weight excluding hydrogens is 252 g/mol. The molecule has 1 saturated carbocycles. The van der Waals surface area contributed by atoms with E-state index < -0.39 is 16.1 Å². The van der Waals surface area contributed by atoms with Crippen LogP contribution < -0.4 is 10.0 Å². The molecule has 0 aromatic carbocycles. The van der Waals surface area contributed by atoms with Gasteiger partial charge >= 0.3 is 0 Å². The largest absolute Gasteiger partial charge is 0.392 e. The van der Waals surface area contributed by atoms with Gasteiger partial charge < -0.3 is 10.4 Å². The minimum absolute atomic E-state index is 0.267. The number of sulfonamides is 1. The first kappa shape index (κ1) is 15.9. The lowest BCUT2D eigenvalue weighted by Crippen LogP contribution is -2.37. The fourth-order valence-electron chi connectivity index (χ4n) is 2.33. The van der Waals surface area contributed by atoms with E-state index in [-0.39, 0.29) is 5.75 Å². The first-order valence-electron chi connectivity index (χ1n) is 6.86. The summed E-state index contributed by atoms with van der Waals surface area (Å²) in [5, 5.41) is 12.0. The van der Waals surface area contributed by atoms with Crippen molar-refractivity contribution in [3.05, 3.63) is 0 Å². The summed E-state index contributed by atoms with van der Waals surface area (Å²) < 4.78 is 26.2. The fourth-order valence-corrected chi connectivity index (χ4v) is 3.81. The van der Waals surface area contributed by atoms with Gasteiger partial charge in [0.25, 0.3) is 0 Å². The molecule has 5 nitrogen and oxygen atoms in total. The fraction of sp³-hybridized carbons (Fsp3) is 1.00. The standard InChI is InChI=1S/C12H26N2O3S/c1-11(15)9-13-7-8-14-18(16,17)10-12-5-3-2-4-6-12/h11-15H,2-10H2,1H3. The van der Waals surface area contributed by atoms with Gasteiger partial charge in [0, 0.05) is 19.6 Å². The van der Waals surface area contributed by atoms with E-state index >= 15 is 0 Å². The maximum absolute atomic E-state index is 11.8. The van der Waals surface area contributed by atoms with Crippen LogP contribution in [0.1, 0.15) is 39.0 Å². The van der Waals surface area contributed by atoms with E-state index in [0.717, 1.165) is 25.7 Å². The minimum Gasteiger partial charge on any atom is -0.392 e. The predicted octanol–water partition coefficient (Wildman–Crippen LogP) is 0.456. The van der Waals surface area contributed by atoms with E-state index in [1.54, 1.807) is 6.92 Å². The van der Waals surface area contributed by atoms with E-state index in [1.807, 2.05) is 0 Å². The van der Waals surface area contributed by atoms with Crippen LogP contribution in [0.4, 0.5) is 0 Å². The summed E-state index contributed by atoms with van der Waals surface area (Å²) in [7, 11) is -3.13. The van der Waals surface area contributed by atoms with E-state index in [4.69, 9.17) is 5.11 Å². The number of nitrogens with one attached hydrogen (secondary N) is 2. The summed E-state index contributed by atoms with van der Waals surface area (Å²) in [4.78, 5) is 0. The van der Waals surface area contributed by atoms with Crippen molar-refractivity contribution in [3.8, 4) is 0 Å². The van der Waals surface area contributed by atoms with Crippen molar-refractivity contribution in [3.63, 3.8) is 0 Å². The second kappa shape index (κ2) is 8.09. The molecule has 3 N–H and O–H groups in total. The lowest BCUT2D eigenvalue weighted by atomic mass is 9.91. The summed E-state index contributed by atoms with van der Waals surface area (Å²) >= 11 is 0. The molecule has 0 aromatic heterocycles. The molecule has 1 rings (SSSR count). The van der Waals surface area contributed by atoms with Gasteiger partial charge in [-0.25, -0.2) is 13.1 Å². The molecule has 1 unspecified atom stereocenters. The first-order chi connectivity index (χ1) is 8.49. The van der Waals surface area contributed by atoms with Crippen LogP contribution in [0.15, 0.2) is 0 Å². The molecule has 108 valence electrons. The van der Waals surface area contributed by atoms with Crippen molar-refractivity contribution in [2.75, 3.05) is 25.4 Å². The highest BCUT2D eigenvalue weighted by atomic mass is 32.2. The van der Waals surface area contributed by atoms with Gasteiger partial charge in [0.15, 0.2) is 0 Å². The topological polar surface area (TPSA) is 78.4 Å². The lowest BCUT2D eigenvalue weighted by Gasteiger charge is -2.21. The van der Waals surface area contributed by atoms with Crippen LogP contribution in [0, 0.1) is 5.92 Å². The summed E-state index contributed by atoms with van der Waals surface area (Å²) in [6.45, 7) is 3.13. The van der Waals surface area contributed by atoms with Crippen LogP contribution in [0.25, 0.3) is 0 Å². The Morgan fingerprint density at radius 2 is 1.89 bits per heavy atom. The molecule has 0 radical (unpaired) electrons. The summed E-state index contributed by atoms with van der Waals surface area (Å²) in [6.07, 6.45) is 5.26. The second-order valence-electron chi connectivity index (χ2n) is 5.23. The van der Waals surface area contributed by atoms with Crippen LogP contribution in [0.3, 0.4) is 0 Å². The molecule has 1 aliphatic rings. The summed E-state index contributed by atoms with van der Waals surface area (Å²) in [6, 6.07) is 0. The first-order valence-corrected chi connectivity index (χ1v) is 8.51. The third-order valence-electron chi connectivity index (χ3n) is 3.24. The summed E-state index contributed by atoms with van der Waals surface area (Å²) in [5.41, 5.74) is 0. The molecule has 0 spiro atoms. The van der Waals surface area contributed by atoms with Gasteiger partial charge in [-0.1, -0.05) is 19.3 Å². The molecular formula is C12H26N2O3S. The molecule has 18 heavy (non-hydrogen) atoms. The van der Waals surface area contributed by atoms with Gasteiger partial charge in [-0.3, -0.25) is 0 Å². The van der Waals surface area contributed by atoms with E-state index in [2.05, 4.69) is 10.0 Å². The van der Waals surface area contributed by atoms with Gasteiger partial charge in [-0.2, -0.15) is 0 Å². The van der Waals surface area contributed by atoms with Crippen LogP contribution in [-0.2, 0) is 10.0 Å². The second-order valence-corrected chi connectivity index (χ2v) is 7.08. The van der Waals surface area contributed by atoms with Crippen LogP contribution in [0.2, 0.25) is 0 Å². The maximum Gasteiger partial charge on any atom is 0.211 e. The zero-order valence-corrected chi connectivity index (χ0v) is 12.0. The van der Waals surface area contributed by atoms with Crippen molar-refractivity contribution < 1.29 is 13.5 Å². The van der Waals surface area contributed by atoms with Crippen molar-refractivity contribution >= 4 is 10.0 Å². The third-order valence-corrected chi connectivity index (χ3v) is 4.80. The summed E-state index contributed by atoms with van der Waals surface area (Å²) in [5.74, 6) is 0.602. The van der Waals surface area contributed by atoms with Crippen LogP contribution in [0.5, 0.6) is 0 Å². The quantitative estimate of drug-likeness (QED) is 0.564. The molecule has 0 amide bonds. The lowest BCUT2D eigenvalue weighted by molar-refractivity contribution is 0.192. The average molecular weight is 278 g/mol. The zero-order chi connectivity index (χ0) is 13.4. The molecule has 1 fully saturated rings. The highest BCUT2D eigenvalue weighted by molar-refractivity contribution is 7.89. The van der Waals surface area contributed by atoms with Gasteiger partial charge in [-0.15, -0.1) is 0 Å². The SMILES string of the molecule is CC(O)CNCCNS(=O)(=O)CC1CCCCC1. The third kappa shape index (κ3) is 7.31. The van der Waals surface area contributed by atoms with Gasteiger partial charge in [-0.05, 0) is 25.7 Å². The molecule has 0 aromatic rings. The molecule has 0 aliphatic heterocycles. The highest BCUT2D eigenvalue weighted by Gasteiger charge is 2.20. The Hall–Kier alpha value is -0.170. The number of hydrogen-bond acceptors (Lipinski definition) is 4. The Bertz CT molecular complexity index is 311. The van der Waals surface area contributed by atoms with E-state index in [9.17, 15) is 8.42 Å². The van der Waals surface area contributed by atoms with Crippen molar-refractivity contribution in [2.45, 2.75) is 45.1 Å². The molecule has 6 heteroatoms. The Balaban J connectivity index is 2.14.